The monoisotopic (exact) mass is 464 g/mol. The summed E-state index contributed by atoms with van der Waals surface area (Å²) in [6.07, 6.45) is 0.351. The largest absolute Gasteiger partial charge is 0.344 e. The summed E-state index contributed by atoms with van der Waals surface area (Å²) in [7, 11) is 1.83. The Morgan fingerprint density at radius 3 is 2.48 bits per heavy atom. The van der Waals surface area contributed by atoms with Gasteiger partial charge in [0.25, 0.3) is 5.91 Å². The zero-order valence-corrected chi connectivity index (χ0v) is 19.3. The average Bonchev–Trinajstić information content (AvgIpc) is 3.31. The predicted octanol–water partition coefficient (Wildman–Crippen LogP) is 2.77. The van der Waals surface area contributed by atoms with Crippen LogP contribution in [0.3, 0.4) is 0 Å². The molecule has 3 aromatic rings. The molecule has 0 bridgehead atoms. The van der Waals surface area contributed by atoms with Crippen molar-refractivity contribution in [1.29, 1.82) is 0 Å². The maximum Gasteiger partial charge on any atom is 0.344 e. The molecule has 1 saturated heterocycles. The lowest BCUT2D eigenvalue weighted by atomic mass is 9.87. The summed E-state index contributed by atoms with van der Waals surface area (Å²) in [5.41, 5.74) is 3.92. The highest BCUT2D eigenvalue weighted by Crippen LogP contribution is 2.31. The third-order valence-corrected chi connectivity index (χ3v) is 6.70. The molecule has 4 rings (SSSR count). The molecule has 0 spiro atoms. The fourth-order valence-electron chi connectivity index (χ4n) is 3.82. The normalized spacial score (nSPS) is 17.8. The van der Waals surface area contributed by atoms with E-state index in [1.807, 2.05) is 55.8 Å². The van der Waals surface area contributed by atoms with Gasteiger partial charge >= 0.3 is 6.03 Å². The van der Waals surface area contributed by atoms with E-state index in [9.17, 15) is 14.4 Å². The Morgan fingerprint density at radius 1 is 1.09 bits per heavy atom. The van der Waals surface area contributed by atoms with E-state index in [0.29, 0.717) is 23.0 Å². The van der Waals surface area contributed by atoms with Crippen molar-refractivity contribution in [2.24, 2.45) is 7.05 Å². The minimum Gasteiger partial charge on any atom is -0.318 e. The van der Waals surface area contributed by atoms with Gasteiger partial charge in [-0.1, -0.05) is 73.3 Å². The van der Waals surface area contributed by atoms with Crippen LogP contribution in [0.15, 0.2) is 59.8 Å². The highest BCUT2D eigenvalue weighted by atomic mass is 32.2. The minimum absolute atomic E-state index is 0.0404. The zero-order chi connectivity index (χ0) is 23.6. The van der Waals surface area contributed by atoms with Crippen molar-refractivity contribution in [1.82, 2.24) is 30.5 Å². The molecule has 1 aromatic heterocycles. The summed E-state index contributed by atoms with van der Waals surface area (Å²) in [4.78, 5) is 38.2. The van der Waals surface area contributed by atoms with Gasteiger partial charge in [-0.25, -0.2) is 4.79 Å². The van der Waals surface area contributed by atoms with Crippen molar-refractivity contribution in [3.05, 3.63) is 65.7 Å². The number of hydrogen-bond acceptors (Lipinski definition) is 6. The number of imide groups is 1. The van der Waals surface area contributed by atoms with Crippen LogP contribution < -0.4 is 10.7 Å². The van der Waals surface area contributed by atoms with Crippen LogP contribution in [-0.2, 0) is 22.2 Å². The van der Waals surface area contributed by atoms with Crippen LogP contribution in [0.2, 0.25) is 0 Å². The van der Waals surface area contributed by atoms with E-state index in [1.54, 1.807) is 24.3 Å². The van der Waals surface area contributed by atoms with Crippen molar-refractivity contribution >= 4 is 29.6 Å². The summed E-state index contributed by atoms with van der Waals surface area (Å²) in [5.74, 6) is -0.356. The first-order chi connectivity index (χ1) is 15.9. The number of carbonyl (C=O) groups excluding carboxylic acids is 3. The van der Waals surface area contributed by atoms with E-state index < -0.39 is 23.4 Å². The van der Waals surface area contributed by atoms with Gasteiger partial charge in [0, 0.05) is 12.6 Å². The van der Waals surface area contributed by atoms with Crippen LogP contribution in [0.5, 0.6) is 0 Å². The molecule has 0 saturated carbocycles. The quantitative estimate of drug-likeness (QED) is 0.411. The molecule has 1 fully saturated rings. The van der Waals surface area contributed by atoms with Crippen LogP contribution in [0, 0.1) is 6.92 Å². The third kappa shape index (κ3) is 4.09. The maximum absolute atomic E-state index is 13.1. The van der Waals surface area contributed by atoms with Gasteiger partial charge in [0.05, 0.1) is 5.75 Å². The number of hydrogen-bond donors (Lipinski definition) is 2. The van der Waals surface area contributed by atoms with Gasteiger partial charge in [-0.3, -0.25) is 15.0 Å². The molecule has 10 heteroatoms. The number of amides is 4. The molecule has 170 valence electrons. The smallest absolute Gasteiger partial charge is 0.318 e. The molecule has 0 radical (unpaired) electrons. The van der Waals surface area contributed by atoms with Gasteiger partial charge < -0.3 is 9.88 Å². The summed E-state index contributed by atoms with van der Waals surface area (Å²) in [6.45, 7) is 3.81. The van der Waals surface area contributed by atoms with Crippen LogP contribution in [0.25, 0.3) is 11.4 Å². The van der Waals surface area contributed by atoms with Crippen LogP contribution >= 0.6 is 11.8 Å². The molecule has 9 nitrogen and oxygen atoms in total. The molecular weight excluding hydrogens is 440 g/mol. The van der Waals surface area contributed by atoms with Crippen LogP contribution in [0.4, 0.5) is 4.79 Å². The number of urea groups is 1. The number of aryl methyl sites for hydroxylation is 1. The van der Waals surface area contributed by atoms with Crippen molar-refractivity contribution in [3.63, 3.8) is 0 Å². The second-order valence-corrected chi connectivity index (χ2v) is 8.64. The first-order valence-corrected chi connectivity index (χ1v) is 11.5. The standard InChI is InChI=1S/C23H24N6O3S/c1-4-23(16-11-6-5-7-12-16)20(31)29(21(32)24-23)27-18(30)14-33-22-26-25-19(28(22)3)17-13-9-8-10-15(17)2/h5-13H,4,14H2,1-3H3,(H,24,32)(H,27,30). The van der Waals surface area contributed by atoms with E-state index >= 15 is 0 Å². The van der Waals surface area contributed by atoms with E-state index in [2.05, 4.69) is 20.9 Å². The Labute approximate surface area is 195 Å². The van der Waals surface area contributed by atoms with Crippen LogP contribution in [0.1, 0.15) is 24.5 Å². The Hall–Kier alpha value is -3.66. The summed E-state index contributed by atoms with van der Waals surface area (Å²) in [6, 6.07) is 16.2. The molecular formula is C23H24N6O3S. The highest BCUT2D eigenvalue weighted by Gasteiger charge is 2.52. The molecule has 2 aromatic carbocycles. The van der Waals surface area contributed by atoms with Crippen molar-refractivity contribution < 1.29 is 14.4 Å². The zero-order valence-electron chi connectivity index (χ0n) is 18.5. The molecule has 1 atom stereocenters. The molecule has 1 unspecified atom stereocenters. The van der Waals surface area contributed by atoms with E-state index in [-0.39, 0.29) is 5.75 Å². The third-order valence-electron chi connectivity index (χ3n) is 5.68. The van der Waals surface area contributed by atoms with Crippen molar-refractivity contribution in [2.45, 2.75) is 31.0 Å². The molecule has 1 aliphatic heterocycles. The SMILES string of the molecule is CCC1(c2ccccc2)NC(=O)N(NC(=O)CSc2nnc(-c3ccccc3C)n2C)C1=O. The van der Waals surface area contributed by atoms with Gasteiger partial charge in [-0.05, 0) is 24.5 Å². The minimum atomic E-state index is -1.20. The number of thioether (sulfide) groups is 1. The van der Waals surface area contributed by atoms with Gasteiger partial charge in [0.15, 0.2) is 11.0 Å². The Kier molecular flexibility index (Phi) is 6.19. The number of rotatable bonds is 7. The summed E-state index contributed by atoms with van der Waals surface area (Å²) >= 11 is 1.17. The number of aromatic nitrogens is 3. The number of benzene rings is 2. The molecule has 2 heterocycles. The molecule has 2 N–H and O–H groups in total. The topological polar surface area (TPSA) is 109 Å². The summed E-state index contributed by atoms with van der Waals surface area (Å²) < 4.78 is 1.81. The van der Waals surface area contributed by atoms with Crippen molar-refractivity contribution in [3.8, 4) is 11.4 Å². The fraction of sp³-hybridized carbons (Fsp3) is 0.261. The fourth-order valence-corrected chi connectivity index (χ4v) is 4.53. The number of nitrogens with one attached hydrogen (secondary N) is 2. The lowest BCUT2D eigenvalue weighted by Gasteiger charge is -2.25. The highest BCUT2D eigenvalue weighted by molar-refractivity contribution is 7.99. The first kappa shape index (κ1) is 22.5. The molecule has 1 aliphatic rings. The second-order valence-electron chi connectivity index (χ2n) is 7.70. The molecule has 0 aliphatic carbocycles. The van der Waals surface area contributed by atoms with Gasteiger partial charge in [-0.15, -0.1) is 10.2 Å². The van der Waals surface area contributed by atoms with Gasteiger partial charge in [0.1, 0.15) is 5.54 Å². The summed E-state index contributed by atoms with van der Waals surface area (Å²) in [5, 5.41) is 12.5. The van der Waals surface area contributed by atoms with Gasteiger partial charge in [0.2, 0.25) is 5.91 Å². The van der Waals surface area contributed by atoms with E-state index in [1.165, 1.54) is 11.8 Å². The van der Waals surface area contributed by atoms with Gasteiger partial charge in [-0.2, -0.15) is 5.01 Å². The second kappa shape index (κ2) is 9.07. The molecule has 33 heavy (non-hydrogen) atoms. The number of hydrazine groups is 1. The average molecular weight is 465 g/mol. The first-order valence-electron chi connectivity index (χ1n) is 10.5. The number of nitrogens with zero attached hydrogens (tertiary/aromatic N) is 4. The lowest BCUT2D eigenvalue weighted by Crippen LogP contribution is -2.49. The van der Waals surface area contributed by atoms with Crippen molar-refractivity contribution in [2.75, 3.05) is 5.75 Å². The lowest BCUT2D eigenvalue weighted by molar-refractivity contribution is -0.138. The maximum atomic E-state index is 13.1. The number of carbonyl (C=O) groups is 3. The van der Waals surface area contributed by atoms with Crippen LogP contribution in [-0.4, -0.2) is 43.4 Å². The predicted molar refractivity (Wildman–Crippen MR) is 124 cm³/mol. The Balaban J connectivity index is 1.43. The van der Waals surface area contributed by atoms with E-state index in [0.717, 1.165) is 16.1 Å². The van der Waals surface area contributed by atoms with E-state index in [4.69, 9.17) is 0 Å². The Bertz CT molecular complexity index is 1210. The molecule has 4 amide bonds. The Morgan fingerprint density at radius 2 is 1.79 bits per heavy atom.